The average molecular weight is 469 g/mol. The predicted octanol–water partition coefficient (Wildman–Crippen LogP) is 8.68. The molecule has 4 aromatic rings. The Morgan fingerprint density at radius 1 is 0.679 bits per heavy atom. The van der Waals surface area contributed by atoms with Gasteiger partial charge in [-0.05, 0) is 24.3 Å². The maximum absolute atomic E-state index is 6.48. The highest BCUT2D eigenvalue weighted by Crippen LogP contribution is 2.42. The number of hydrogen-bond acceptors (Lipinski definition) is 1. The molecule has 0 fully saturated rings. The van der Waals surface area contributed by atoms with E-state index in [1.165, 1.54) is 0 Å². The summed E-state index contributed by atoms with van der Waals surface area (Å²) in [5.74, 6) is 0.625. The first-order valence-corrected chi connectivity index (χ1v) is 10.1. The summed E-state index contributed by atoms with van der Waals surface area (Å²) in [4.78, 5) is 8.12. The van der Waals surface area contributed by atoms with Crippen molar-refractivity contribution in [1.29, 1.82) is 0 Å². The van der Waals surface area contributed by atoms with E-state index in [2.05, 4.69) is 4.98 Å². The van der Waals surface area contributed by atoms with E-state index in [9.17, 15) is 0 Å². The molecule has 0 amide bonds. The van der Waals surface area contributed by atoms with Gasteiger partial charge in [0.25, 0.3) is 0 Å². The van der Waals surface area contributed by atoms with Gasteiger partial charge in [-0.25, -0.2) is 4.98 Å². The van der Waals surface area contributed by atoms with Crippen LogP contribution in [0.5, 0.6) is 0 Å². The molecule has 0 spiro atoms. The molecule has 0 saturated carbocycles. The second-order valence-electron chi connectivity index (χ2n) is 6.02. The molecule has 0 saturated heterocycles. The topological polar surface area (TPSA) is 28.7 Å². The van der Waals surface area contributed by atoms with Crippen LogP contribution >= 0.6 is 58.0 Å². The lowest BCUT2D eigenvalue weighted by atomic mass is 10.0. The van der Waals surface area contributed by atoms with Gasteiger partial charge in [-0.3, -0.25) is 0 Å². The molecular formula is C21H11Cl5N2. The molecule has 0 bridgehead atoms. The largest absolute Gasteiger partial charge is 0.337 e. The third kappa shape index (κ3) is 3.63. The van der Waals surface area contributed by atoms with Gasteiger partial charge in [0.15, 0.2) is 0 Å². The SMILES string of the molecule is Clc1cccc(-c2nc(-c3cccc(Cl)c3Cl)c(-c3cccc(Cl)c3Cl)[nH]2)c1. The zero-order valence-corrected chi connectivity index (χ0v) is 17.9. The fraction of sp³-hybridized carbons (Fsp3) is 0. The van der Waals surface area contributed by atoms with Gasteiger partial charge in [-0.1, -0.05) is 94.4 Å². The molecule has 1 aromatic heterocycles. The maximum Gasteiger partial charge on any atom is 0.138 e. The van der Waals surface area contributed by atoms with Crippen LogP contribution in [0.3, 0.4) is 0 Å². The standard InChI is InChI=1S/C21H11Cl5N2/c22-12-5-1-4-11(10-12)21-27-19(13-6-2-8-15(23)17(13)25)20(28-21)14-7-3-9-16(24)18(14)26/h1-10H,(H,27,28). The molecule has 0 aliphatic heterocycles. The average Bonchev–Trinajstić information content (AvgIpc) is 3.11. The predicted molar refractivity (Wildman–Crippen MR) is 120 cm³/mol. The highest BCUT2D eigenvalue weighted by atomic mass is 35.5. The second-order valence-corrected chi connectivity index (χ2v) is 8.03. The van der Waals surface area contributed by atoms with Crippen LogP contribution in [0.2, 0.25) is 25.1 Å². The Balaban J connectivity index is 2.01. The highest BCUT2D eigenvalue weighted by Gasteiger charge is 2.20. The lowest BCUT2D eigenvalue weighted by molar-refractivity contribution is 1.31. The van der Waals surface area contributed by atoms with Gasteiger partial charge in [-0.2, -0.15) is 0 Å². The van der Waals surface area contributed by atoms with Gasteiger partial charge in [0.2, 0.25) is 0 Å². The second kappa shape index (κ2) is 7.98. The van der Waals surface area contributed by atoms with E-state index < -0.39 is 0 Å². The lowest BCUT2D eigenvalue weighted by Gasteiger charge is -2.08. The first-order valence-electron chi connectivity index (χ1n) is 8.20. The Bertz CT molecular complexity index is 1110. The van der Waals surface area contributed by atoms with Gasteiger partial charge < -0.3 is 4.98 Å². The summed E-state index contributed by atoms with van der Waals surface area (Å²) < 4.78 is 0. The monoisotopic (exact) mass is 466 g/mol. The lowest BCUT2D eigenvalue weighted by Crippen LogP contribution is -1.87. The number of aromatic nitrogens is 2. The summed E-state index contributed by atoms with van der Waals surface area (Å²) in [7, 11) is 0. The van der Waals surface area contributed by atoms with E-state index in [1.54, 1.807) is 18.2 Å². The molecule has 0 unspecified atom stereocenters. The van der Waals surface area contributed by atoms with Crippen LogP contribution in [0.15, 0.2) is 60.7 Å². The number of imidazole rings is 1. The van der Waals surface area contributed by atoms with Crippen molar-refractivity contribution in [2.75, 3.05) is 0 Å². The van der Waals surface area contributed by atoms with E-state index in [1.807, 2.05) is 42.5 Å². The van der Waals surface area contributed by atoms with Crippen LogP contribution in [0.4, 0.5) is 0 Å². The summed E-state index contributed by atoms with van der Waals surface area (Å²) in [6, 6.07) is 18.2. The molecule has 0 atom stereocenters. The molecule has 0 aliphatic carbocycles. The first kappa shape index (κ1) is 19.6. The van der Waals surface area contributed by atoms with Crippen LogP contribution in [-0.2, 0) is 0 Å². The van der Waals surface area contributed by atoms with Crippen LogP contribution in [0, 0.1) is 0 Å². The minimum Gasteiger partial charge on any atom is -0.337 e. The van der Waals surface area contributed by atoms with Crippen molar-refractivity contribution < 1.29 is 0 Å². The number of hydrogen-bond donors (Lipinski definition) is 1. The Morgan fingerprint density at radius 3 is 1.96 bits per heavy atom. The van der Waals surface area contributed by atoms with E-state index >= 15 is 0 Å². The Labute approximate surface area is 187 Å². The summed E-state index contributed by atoms with van der Waals surface area (Å²) in [6.07, 6.45) is 0. The van der Waals surface area contributed by atoms with Crippen molar-refractivity contribution in [3.63, 3.8) is 0 Å². The van der Waals surface area contributed by atoms with Gasteiger partial charge in [0.1, 0.15) is 5.82 Å². The highest BCUT2D eigenvalue weighted by molar-refractivity contribution is 6.44. The zero-order valence-electron chi connectivity index (χ0n) is 14.1. The number of aromatic amines is 1. The third-order valence-corrected chi connectivity index (χ3v) is 6.10. The van der Waals surface area contributed by atoms with Crippen LogP contribution in [0.1, 0.15) is 0 Å². The summed E-state index contributed by atoms with van der Waals surface area (Å²) in [5.41, 5.74) is 3.53. The normalized spacial score (nSPS) is 11.0. The van der Waals surface area contributed by atoms with Crippen molar-refractivity contribution in [1.82, 2.24) is 9.97 Å². The number of halogens is 5. The summed E-state index contributed by atoms with van der Waals surface area (Å²) >= 11 is 31.6. The van der Waals surface area contributed by atoms with Gasteiger partial charge in [-0.15, -0.1) is 0 Å². The fourth-order valence-corrected chi connectivity index (χ4v) is 3.89. The third-order valence-electron chi connectivity index (χ3n) is 4.23. The van der Waals surface area contributed by atoms with Crippen LogP contribution < -0.4 is 0 Å². The molecule has 140 valence electrons. The summed E-state index contributed by atoms with van der Waals surface area (Å²) in [6.45, 7) is 0. The van der Waals surface area contributed by atoms with E-state index in [-0.39, 0.29) is 0 Å². The van der Waals surface area contributed by atoms with Gasteiger partial charge >= 0.3 is 0 Å². The van der Waals surface area contributed by atoms with Crippen molar-refractivity contribution in [2.24, 2.45) is 0 Å². The Hall–Kier alpha value is -1.68. The summed E-state index contributed by atoms with van der Waals surface area (Å²) in [5, 5.41) is 2.33. The number of nitrogens with zero attached hydrogens (tertiary/aromatic N) is 1. The maximum atomic E-state index is 6.48. The van der Waals surface area contributed by atoms with E-state index in [0.717, 1.165) is 5.56 Å². The molecule has 3 aromatic carbocycles. The zero-order chi connectivity index (χ0) is 19.8. The molecular weight excluding hydrogens is 458 g/mol. The molecule has 0 aliphatic rings. The molecule has 1 N–H and O–H groups in total. The molecule has 0 radical (unpaired) electrons. The van der Waals surface area contributed by atoms with E-state index in [4.69, 9.17) is 63.0 Å². The van der Waals surface area contributed by atoms with E-state index in [0.29, 0.717) is 53.5 Å². The van der Waals surface area contributed by atoms with Crippen LogP contribution in [0.25, 0.3) is 33.9 Å². The number of benzene rings is 3. The Kier molecular flexibility index (Phi) is 5.59. The molecule has 1 heterocycles. The molecule has 7 heteroatoms. The smallest absolute Gasteiger partial charge is 0.138 e. The van der Waals surface area contributed by atoms with Crippen molar-refractivity contribution in [2.45, 2.75) is 0 Å². The van der Waals surface area contributed by atoms with Crippen molar-refractivity contribution in [3.8, 4) is 33.9 Å². The molecule has 2 nitrogen and oxygen atoms in total. The van der Waals surface area contributed by atoms with Crippen LogP contribution in [-0.4, -0.2) is 9.97 Å². The Morgan fingerprint density at radius 2 is 1.29 bits per heavy atom. The number of H-pyrrole nitrogens is 1. The number of rotatable bonds is 3. The van der Waals surface area contributed by atoms with Crippen molar-refractivity contribution >= 4 is 58.0 Å². The first-order chi connectivity index (χ1) is 13.5. The fourth-order valence-electron chi connectivity index (χ4n) is 2.92. The van der Waals surface area contributed by atoms with Crippen molar-refractivity contribution in [3.05, 3.63) is 85.8 Å². The molecule has 28 heavy (non-hydrogen) atoms. The minimum atomic E-state index is 0.410. The van der Waals surface area contributed by atoms with Gasteiger partial charge in [0.05, 0.1) is 31.5 Å². The molecule has 4 rings (SSSR count). The minimum absolute atomic E-state index is 0.410. The number of nitrogens with one attached hydrogen (secondary N) is 1. The van der Waals surface area contributed by atoms with Gasteiger partial charge in [0, 0.05) is 21.7 Å². The quantitative estimate of drug-likeness (QED) is 0.320.